The van der Waals surface area contributed by atoms with Crippen LogP contribution in [0.3, 0.4) is 0 Å². The van der Waals surface area contributed by atoms with Gasteiger partial charge in [0.15, 0.2) is 0 Å². The van der Waals surface area contributed by atoms with E-state index in [1.54, 1.807) is 30.7 Å². The summed E-state index contributed by atoms with van der Waals surface area (Å²) in [5.41, 5.74) is 1.83. The van der Waals surface area contributed by atoms with Crippen LogP contribution in [0.25, 0.3) is 10.2 Å². The molecule has 1 N–H and O–H groups in total. The lowest BCUT2D eigenvalue weighted by atomic mass is 9.97. The molecule has 0 aliphatic heterocycles. The molecule has 8 heteroatoms. The number of nitrogens with zero attached hydrogens (tertiary/aromatic N) is 2. The summed E-state index contributed by atoms with van der Waals surface area (Å²) in [4.78, 5) is 38.8. The third-order valence-corrected chi connectivity index (χ3v) is 6.66. The van der Waals surface area contributed by atoms with Crippen molar-refractivity contribution in [1.29, 1.82) is 0 Å². The van der Waals surface area contributed by atoms with Crippen LogP contribution in [-0.4, -0.2) is 28.7 Å². The highest BCUT2D eigenvalue weighted by atomic mass is 32.1. The molecule has 3 aromatic rings. The maximum Gasteiger partial charge on any atom is 0.332 e. The molecule has 0 radical (unpaired) electrons. The van der Waals surface area contributed by atoms with Crippen molar-refractivity contribution in [2.24, 2.45) is 0 Å². The fourth-order valence-electron chi connectivity index (χ4n) is 4.07. The van der Waals surface area contributed by atoms with Crippen LogP contribution in [-0.2, 0) is 17.9 Å². The number of nitrogens with one attached hydrogen (secondary N) is 1. The van der Waals surface area contributed by atoms with E-state index in [9.17, 15) is 14.4 Å². The van der Waals surface area contributed by atoms with Gasteiger partial charge in [-0.1, -0.05) is 23.8 Å². The number of allylic oxidation sites excluding steroid dienone is 1. The number of aromatic nitrogens is 2. The molecule has 1 aromatic carbocycles. The molecule has 1 aliphatic rings. The van der Waals surface area contributed by atoms with Gasteiger partial charge in [-0.05, 0) is 61.2 Å². The molecular weight excluding hydrogens is 426 g/mol. The molecule has 0 atom stereocenters. The number of amides is 1. The predicted octanol–water partition coefficient (Wildman–Crippen LogP) is 3.29. The standard InChI is InChI=1S/C24H27N3O4S/c1-31-19-9-5-8-18(14-19)15-27-23(29)22-20(11-13-32-22)26(24(27)30)16-21(28)25-12-10-17-6-3-2-4-7-17/h5-6,8-9,11,13-14H,2-4,7,10,12,15-16H2,1H3,(H,25,28). The van der Waals surface area contributed by atoms with Crippen molar-refractivity contribution in [2.75, 3.05) is 13.7 Å². The summed E-state index contributed by atoms with van der Waals surface area (Å²) in [5, 5.41) is 4.69. The van der Waals surface area contributed by atoms with E-state index >= 15 is 0 Å². The lowest BCUT2D eigenvalue weighted by Gasteiger charge is -2.14. The van der Waals surface area contributed by atoms with Crippen LogP contribution < -0.4 is 21.3 Å². The van der Waals surface area contributed by atoms with Gasteiger partial charge in [0.25, 0.3) is 5.56 Å². The Hall–Kier alpha value is -3.13. The van der Waals surface area contributed by atoms with Gasteiger partial charge in [-0.3, -0.25) is 18.7 Å². The van der Waals surface area contributed by atoms with E-state index in [2.05, 4.69) is 11.4 Å². The van der Waals surface area contributed by atoms with E-state index in [0.717, 1.165) is 24.8 Å². The Bertz CT molecular complexity index is 1270. The first-order chi connectivity index (χ1) is 15.6. The van der Waals surface area contributed by atoms with Crippen LogP contribution in [0.4, 0.5) is 0 Å². The second-order valence-corrected chi connectivity index (χ2v) is 8.87. The van der Waals surface area contributed by atoms with Gasteiger partial charge < -0.3 is 10.1 Å². The zero-order valence-corrected chi connectivity index (χ0v) is 19.0. The quantitative estimate of drug-likeness (QED) is 0.531. The van der Waals surface area contributed by atoms with Gasteiger partial charge in [0, 0.05) is 6.54 Å². The van der Waals surface area contributed by atoms with Gasteiger partial charge in [-0.2, -0.15) is 0 Å². The van der Waals surface area contributed by atoms with E-state index in [0.29, 0.717) is 22.5 Å². The third-order valence-electron chi connectivity index (χ3n) is 5.77. The molecule has 0 spiro atoms. The molecule has 0 saturated carbocycles. The second-order valence-electron chi connectivity index (χ2n) is 7.95. The zero-order valence-electron chi connectivity index (χ0n) is 18.1. The summed E-state index contributed by atoms with van der Waals surface area (Å²) in [6.45, 7) is 0.539. The summed E-state index contributed by atoms with van der Waals surface area (Å²) >= 11 is 1.28. The van der Waals surface area contributed by atoms with E-state index < -0.39 is 5.69 Å². The topological polar surface area (TPSA) is 82.3 Å². The molecule has 0 fully saturated rings. The number of hydrogen-bond acceptors (Lipinski definition) is 5. The van der Waals surface area contributed by atoms with Gasteiger partial charge in [0.1, 0.15) is 17.0 Å². The lowest BCUT2D eigenvalue weighted by Crippen LogP contribution is -2.42. The highest BCUT2D eigenvalue weighted by molar-refractivity contribution is 7.17. The minimum absolute atomic E-state index is 0.110. The normalized spacial score (nSPS) is 13.7. The SMILES string of the molecule is COc1cccc(Cn2c(=O)c3sccc3n(CC(=O)NCCC3=CCCCC3)c2=O)c1. The van der Waals surface area contributed by atoms with Crippen molar-refractivity contribution in [3.05, 3.63) is 73.8 Å². The minimum atomic E-state index is -0.492. The van der Waals surface area contributed by atoms with Gasteiger partial charge in [-0.25, -0.2) is 4.79 Å². The average molecular weight is 454 g/mol. The molecular formula is C24H27N3O4S. The van der Waals surface area contributed by atoms with Crippen LogP contribution in [0.15, 0.2) is 57.0 Å². The molecule has 2 heterocycles. The largest absolute Gasteiger partial charge is 0.497 e. The fraction of sp³-hybridized carbons (Fsp3) is 0.375. The maximum atomic E-state index is 13.2. The minimum Gasteiger partial charge on any atom is -0.497 e. The number of ether oxygens (including phenoxy) is 1. The van der Waals surface area contributed by atoms with E-state index in [4.69, 9.17) is 4.74 Å². The van der Waals surface area contributed by atoms with Crippen LogP contribution in [0.1, 0.15) is 37.7 Å². The molecule has 0 bridgehead atoms. The summed E-state index contributed by atoms with van der Waals surface area (Å²) in [6.07, 6.45) is 7.76. The molecule has 0 unspecified atom stereocenters. The Labute approximate surface area is 190 Å². The van der Waals surface area contributed by atoms with E-state index in [1.807, 2.05) is 12.1 Å². The van der Waals surface area contributed by atoms with Crippen LogP contribution >= 0.6 is 11.3 Å². The zero-order chi connectivity index (χ0) is 22.5. The molecule has 1 amide bonds. The molecule has 168 valence electrons. The van der Waals surface area contributed by atoms with Gasteiger partial charge >= 0.3 is 5.69 Å². The Morgan fingerprint density at radius 3 is 2.84 bits per heavy atom. The molecule has 7 nitrogen and oxygen atoms in total. The summed E-state index contributed by atoms with van der Waals surface area (Å²) in [7, 11) is 1.57. The number of carbonyl (C=O) groups is 1. The predicted molar refractivity (Wildman–Crippen MR) is 127 cm³/mol. The molecule has 4 rings (SSSR count). The fourth-order valence-corrected chi connectivity index (χ4v) is 4.92. The highest BCUT2D eigenvalue weighted by Crippen LogP contribution is 2.19. The first-order valence-corrected chi connectivity index (χ1v) is 11.7. The van der Waals surface area contributed by atoms with Gasteiger partial charge in [-0.15, -0.1) is 11.3 Å². The van der Waals surface area contributed by atoms with Crippen LogP contribution in [0, 0.1) is 0 Å². The van der Waals surface area contributed by atoms with E-state index in [1.165, 1.54) is 38.9 Å². The molecule has 0 saturated heterocycles. The van der Waals surface area contributed by atoms with Crippen LogP contribution in [0.2, 0.25) is 0 Å². The lowest BCUT2D eigenvalue weighted by molar-refractivity contribution is -0.121. The Balaban J connectivity index is 1.56. The van der Waals surface area contributed by atoms with Crippen molar-refractivity contribution in [3.8, 4) is 5.75 Å². The number of hydrogen-bond donors (Lipinski definition) is 1. The van der Waals surface area contributed by atoms with Crippen molar-refractivity contribution < 1.29 is 9.53 Å². The van der Waals surface area contributed by atoms with Crippen molar-refractivity contribution in [2.45, 2.75) is 45.2 Å². The van der Waals surface area contributed by atoms with Crippen molar-refractivity contribution >= 4 is 27.5 Å². The Morgan fingerprint density at radius 2 is 2.06 bits per heavy atom. The molecule has 2 aromatic heterocycles. The number of carbonyl (C=O) groups excluding carboxylic acids is 1. The smallest absolute Gasteiger partial charge is 0.332 e. The van der Waals surface area contributed by atoms with Gasteiger partial charge in [0.05, 0.1) is 19.2 Å². The Morgan fingerprint density at radius 1 is 1.19 bits per heavy atom. The Kier molecular flexibility index (Phi) is 6.90. The van der Waals surface area contributed by atoms with Crippen LogP contribution in [0.5, 0.6) is 5.75 Å². The van der Waals surface area contributed by atoms with Crippen molar-refractivity contribution in [3.63, 3.8) is 0 Å². The second kappa shape index (κ2) is 9.99. The number of benzene rings is 1. The first-order valence-electron chi connectivity index (χ1n) is 10.8. The summed E-state index contributed by atoms with van der Waals surface area (Å²) in [5.74, 6) is 0.420. The summed E-state index contributed by atoms with van der Waals surface area (Å²) in [6, 6.07) is 8.97. The number of fused-ring (bicyclic) bond motifs is 1. The summed E-state index contributed by atoms with van der Waals surface area (Å²) < 4.78 is 8.29. The third kappa shape index (κ3) is 4.85. The van der Waals surface area contributed by atoms with Crippen molar-refractivity contribution in [1.82, 2.24) is 14.5 Å². The van der Waals surface area contributed by atoms with E-state index in [-0.39, 0.29) is 24.6 Å². The highest BCUT2D eigenvalue weighted by Gasteiger charge is 2.17. The number of thiophene rings is 1. The molecule has 1 aliphatic carbocycles. The maximum absolute atomic E-state index is 13.2. The average Bonchev–Trinajstić information content (AvgIpc) is 3.30. The van der Waals surface area contributed by atoms with Gasteiger partial charge in [0.2, 0.25) is 5.91 Å². The first kappa shape index (κ1) is 22.1. The number of rotatable bonds is 8. The molecule has 32 heavy (non-hydrogen) atoms. The number of methoxy groups -OCH3 is 1. The monoisotopic (exact) mass is 453 g/mol.